The molecular weight excluding hydrogens is 369 g/mol. The fourth-order valence-corrected chi connectivity index (χ4v) is 2.85. The van der Waals surface area contributed by atoms with Gasteiger partial charge in [0.2, 0.25) is 0 Å². The van der Waals surface area contributed by atoms with Crippen molar-refractivity contribution in [1.29, 1.82) is 0 Å². The summed E-state index contributed by atoms with van der Waals surface area (Å²) in [6.45, 7) is 0. The topological polar surface area (TPSA) is 102 Å². The zero-order chi connectivity index (χ0) is 20.3. The van der Waals surface area contributed by atoms with Gasteiger partial charge in [-0.3, -0.25) is 0 Å². The van der Waals surface area contributed by atoms with Gasteiger partial charge in [-0.2, -0.15) is 13.2 Å². The number of anilines is 2. The number of allylic oxidation sites excluding steroid dienone is 4. The van der Waals surface area contributed by atoms with Crippen molar-refractivity contribution in [2.75, 3.05) is 18.1 Å². The van der Waals surface area contributed by atoms with E-state index in [-0.39, 0.29) is 29.5 Å². The van der Waals surface area contributed by atoms with Gasteiger partial charge < -0.3 is 16.8 Å². The summed E-state index contributed by atoms with van der Waals surface area (Å²) in [6.07, 6.45) is 1.24. The highest BCUT2D eigenvalue weighted by Gasteiger charge is 2.43. The van der Waals surface area contributed by atoms with Crippen LogP contribution < -0.4 is 16.8 Å². The largest absolute Gasteiger partial charge is 0.398 e. The van der Waals surface area contributed by atoms with Gasteiger partial charge in [0, 0.05) is 23.9 Å². The predicted molar refractivity (Wildman–Crippen MR) is 104 cm³/mol. The maximum Gasteiger partial charge on any atom is 0.396 e. The van der Waals surface area contributed by atoms with Crippen LogP contribution in [0, 0.1) is 5.92 Å². The van der Waals surface area contributed by atoms with Gasteiger partial charge in [0.1, 0.15) is 5.84 Å². The van der Waals surface area contributed by atoms with Crippen molar-refractivity contribution in [3.63, 3.8) is 0 Å². The number of hydrogen-bond acceptors (Lipinski definition) is 5. The lowest BCUT2D eigenvalue weighted by atomic mass is 9.90. The number of benzene rings is 1. The van der Waals surface area contributed by atoms with Crippen LogP contribution in [0.1, 0.15) is 17.8 Å². The number of rotatable bonds is 4. The van der Waals surface area contributed by atoms with E-state index in [0.717, 1.165) is 0 Å². The number of aromatic nitrogens is 2. The molecule has 0 saturated carbocycles. The van der Waals surface area contributed by atoms with E-state index in [1.165, 1.54) is 18.3 Å². The number of amidine groups is 1. The van der Waals surface area contributed by atoms with E-state index in [4.69, 9.17) is 11.5 Å². The van der Waals surface area contributed by atoms with Crippen molar-refractivity contribution < 1.29 is 13.2 Å². The molecule has 28 heavy (non-hydrogen) atoms. The van der Waals surface area contributed by atoms with Crippen molar-refractivity contribution in [3.8, 4) is 0 Å². The van der Waals surface area contributed by atoms with Crippen molar-refractivity contribution in [1.82, 2.24) is 9.97 Å². The molecule has 146 valence electrons. The highest BCUT2D eigenvalue weighted by Crippen LogP contribution is 2.41. The summed E-state index contributed by atoms with van der Waals surface area (Å²) in [5, 5.41) is 2.86. The number of nitrogens with zero attached hydrogens (tertiary/aromatic N) is 3. The number of nitrogens with one attached hydrogen (secondary N) is 1. The molecule has 0 spiro atoms. The first-order chi connectivity index (χ1) is 13.3. The van der Waals surface area contributed by atoms with E-state index in [9.17, 15) is 13.2 Å². The van der Waals surface area contributed by atoms with Gasteiger partial charge >= 0.3 is 6.18 Å². The summed E-state index contributed by atoms with van der Waals surface area (Å²) in [5.74, 6) is -1.48. The molecule has 0 aliphatic heterocycles. The summed E-state index contributed by atoms with van der Waals surface area (Å²) in [5.41, 5.74) is 13.3. The minimum absolute atomic E-state index is 0.00750. The van der Waals surface area contributed by atoms with Crippen LogP contribution in [0.5, 0.6) is 0 Å². The molecule has 0 unspecified atom stereocenters. The third-order valence-electron chi connectivity index (χ3n) is 4.31. The quantitative estimate of drug-likeness (QED) is 0.421. The fourth-order valence-electron chi connectivity index (χ4n) is 2.85. The zero-order valence-corrected chi connectivity index (χ0v) is 15.0. The summed E-state index contributed by atoms with van der Waals surface area (Å²) < 4.78 is 40.2. The summed E-state index contributed by atoms with van der Waals surface area (Å²) in [4.78, 5) is 12.6. The maximum atomic E-state index is 13.4. The van der Waals surface area contributed by atoms with Crippen LogP contribution in [0.15, 0.2) is 53.7 Å². The Morgan fingerprint density at radius 2 is 2.04 bits per heavy atom. The summed E-state index contributed by atoms with van der Waals surface area (Å²) in [6, 6.07) is 6.89. The van der Waals surface area contributed by atoms with E-state index < -0.39 is 12.1 Å². The third-order valence-corrected chi connectivity index (χ3v) is 4.31. The number of halogens is 3. The minimum atomic E-state index is -4.40. The highest BCUT2D eigenvalue weighted by atomic mass is 19.4. The van der Waals surface area contributed by atoms with Gasteiger partial charge in [0.25, 0.3) is 0 Å². The molecule has 1 aliphatic rings. The Morgan fingerprint density at radius 3 is 2.71 bits per heavy atom. The molecule has 0 fully saturated rings. The number of para-hydroxylation sites is 1. The van der Waals surface area contributed by atoms with Crippen LogP contribution in [0.3, 0.4) is 0 Å². The SMILES string of the molecule is CNc1cnc(C2=CC=CC[C@@H]2C(F)(F)F)nc1N=C(N)c1ccccc1N. The number of alkyl halides is 3. The van der Waals surface area contributed by atoms with Crippen LogP contribution in [-0.4, -0.2) is 29.0 Å². The van der Waals surface area contributed by atoms with Crippen LogP contribution in [0.25, 0.3) is 5.57 Å². The van der Waals surface area contributed by atoms with Gasteiger partial charge in [-0.15, -0.1) is 0 Å². The Labute approximate surface area is 159 Å². The lowest BCUT2D eigenvalue weighted by Crippen LogP contribution is -2.25. The molecule has 5 N–H and O–H groups in total. The zero-order valence-electron chi connectivity index (χ0n) is 15.0. The predicted octanol–water partition coefficient (Wildman–Crippen LogP) is 3.66. The van der Waals surface area contributed by atoms with Crippen LogP contribution in [-0.2, 0) is 0 Å². The average Bonchev–Trinajstić information content (AvgIpc) is 2.67. The average molecular weight is 388 g/mol. The highest BCUT2D eigenvalue weighted by molar-refractivity contribution is 6.03. The molecule has 0 saturated heterocycles. The first-order valence-corrected chi connectivity index (χ1v) is 8.49. The van der Waals surface area contributed by atoms with E-state index in [1.54, 1.807) is 37.4 Å². The second-order valence-electron chi connectivity index (χ2n) is 6.15. The van der Waals surface area contributed by atoms with Gasteiger partial charge in [-0.25, -0.2) is 15.0 Å². The molecule has 0 amide bonds. The molecule has 3 rings (SSSR count). The van der Waals surface area contributed by atoms with Gasteiger partial charge in [-0.05, 0) is 18.6 Å². The number of hydrogen-bond donors (Lipinski definition) is 3. The van der Waals surface area contributed by atoms with E-state index in [0.29, 0.717) is 16.9 Å². The Balaban J connectivity index is 2.06. The first-order valence-electron chi connectivity index (χ1n) is 8.49. The Hall–Kier alpha value is -3.36. The van der Waals surface area contributed by atoms with E-state index in [2.05, 4.69) is 20.3 Å². The minimum Gasteiger partial charge on any atom is -0.398 e. The van der Waals surface area contributed by atoms with Gasteiger partial charge in [-0.1, -0.05) is 30.4 Å². The van der Waals surface area contributed by atoms with Gasteiger partial charge in [0.05, 0.1) is 17.8 Å². The lowest BCUT2D eigenvalue weighted by Gasteiger charge is -2.23. The van der Waals surface area contributed by atoms with Crippen molar-refractivity contribution in [3.05, 3.63) is 60.1 Å². The molecule has 1 aromatic heterocycles. The van der Waals surface area contributed by atoms with Crippen molar-refractivity contribution >= 4 is 28.6 Å². The molecule has 9 heteroatoms. The van der Waals surface area contributed by atoms with Gasteiger partial charge in [0.15, 0.2) is 11.6 Å². The second kappa shape index (κ2) is 7.71. The molecule has 1 heterocycles. The van der Waals surface area contributed by atoms with Crippen LogP contribution in [0.4, 0.5) is 30.4 Å². The van der Waals surface area contributed by atoms with E-state index >= 15 is 0 Å². The molecule has 1 aromatic carbocycles. The summed E-state index contributed by atoms with van der Waals surface area (Å²) >= 11 is 0. The Morgan fingerprint density at radius 1 is 1.29 bits per heavy atom. The van der Waals surface area contributed by atoms with Crippen molar-refractivity contribution in [2.45, 2.75) is 12.6 Å². The second-order valence-corrected chi connectivity index (χ2v) is 6.15. The fraction of sp³-hybridized carbons (Fsp3) is 0.211. The first kappa shape index (κ1) is 19.4. The van der Waals surface area contributed by atoms with E-state index in [1.807, 2.05) is 0 Å². The lowest BCUT2D eigenvalue weighted by molar-refractivity contribution is -0.157. The number of nitrogens with two attached hydrogens (primary N) is 2. The monoisotopic (exact) mass is 388 g/mol. The normalized spacial score (nSPS) is 17.4. The Bertz CT molecular complexity index is 962. The maximum absolute atomic E-state index is 13.4. The molecule has 1 atom stereocenters. The molecule has 0 bridgehead atoms. The standard InChI is InChI=1S/C19H19F3N6/c1-25-15-10-26-17(11-6-2-4-8-13(11)19(20,21)22)28-18(15)27-16(24)12-7-3-5-9-14(12)23/h2-7,9-10,13,25H,8,23H2,1H3,(H2,24,26,27,28)/t13-/m0/s1. The molecular formula is C19H19F3N6. The number of nitrogen functional groups attached to an aromatic ring is 1. The molecule has 2 aromatic rings. The Kier molecular flexibility index (Phi) is 5.34. The van der Waals surface area contributed by atoms with Crippen LogP contribution in [0.2, 0.25) is 0 Å². The molecule has 6 nitrogen and oxygen atoms in total. The number of aliphatic imine (C=N–C) groups is 1. The van der Waals surface area contributed by atoms with Crippen molar-refractivity contribution in [2.24, 2.45) is 16.6 Å². The van der Waals surface area contributed by atoms with Crippen LogP contribution >= 0.6 is 0 Å². The third kappa shape index (κ3) is 3.98. The summed E-state index contributed by atoms with van der Waals surface area (Å²) in [7, 11) is 1.63. The molecule has 0 radical (unpaired) electrons. The molecule has 1 aliphatic carbocycles. The smallest absolute Gasteiger partial charge is 0.396 e.